The monoisotopic (exact) mass is 622 g/mol. The van der Waals surface area contributed by atoms with Crippen LogP contribution in [0.4, 0.5) is 15.8 Å². The number of carbonyl (C=O) groups is 2. The summed E-state index contributed by atoms with van der Waals surface area (Å²) in [5.41, 5.74) is 5.06. The van der Waals surface area contributed by atoms with Gasteiger partial charge in [-0.3, -0.25) is 14.5 Å². The van der Waals surface area contributed by atoms with Gasteiger partial charge >= 0.3 is 0 Å². The average molecular weight is 623 g/mol. The number of para-hydroxylation sites is 2. The van der Waals surface area contributed by atoms with Gasteiger partial charge in [0.25, 0.3) is 5.91 Å². The number of anilines is 2. The van der Waals surface area contributed by atoms with Crippen LogP contribution in [0.2, 0.25) is 0 Å². The molecule has 7 heteroatoms. The second-order valence-corrected chi connectivity index (χ2v) is 15.1. The first-order valence-corrected chi connectivity index (χ1v) is 16.2. The van der Waals surface area contributed by atoms with Crippen LogP contribution >= 0.6 is 11.3 Å². The molecule has 1 amide bonds. The van der Waals surface area contributed by atoms with Crippen LogP contribution in [0.15, 0.2) is 89.4 Å². The van der Waals surface area contributed by atoms with Gasteiger partial charge in [-0.2, -0.15) is 0 Å². The van der Waals surface area contributed by atoms with Gasteiger partial charge in [0.15, 0.2) is 5.78 Å². The maximum absolute atomic E-state index is 14.6. The number of nitrogens with one attached hydrogen (secondary N) is 1. The normalized spacial score (nSPS) is 18.6. The summed E-state index contributed by atoms with van der Waals surface area (Å²) < 4.78 is 13.8. The minimum absolute atomic E-state index is 0.0671. The predicted molar refractivity (Wildman–Crippen MR) is 180 cm³/mol. The molecule has 4 aromatic rings. The Bertz CT molecular complexity index is 1780. The molecule has 0 saturated carbocycles. The maximum atomic E-state index is 14.6. The highest BCUT2D eigenvalue weighted by Gasteiger charge is 2.43. The molecule has 0 unspecified atom stereocenters. The molecule has 1 aliphatic heterocycles. The van der Waals surface area contributed by atoms with E-state index in [2.05, 4.69) is 46.9 Å². The Morgan fingerprint density at radius 3 is 2.13 bits per heavy atom. The lowest BCUT2D eigenvalue weighted by Crippen LogP contribution is -2.38. The van der Waals surface area contributed by atoms with Crippen LogP contribution in [0.25, 0.3) is 0 Å². The van der Waals surface area contributed by atoms with Crippen molar-refractivity contribution in [2.24, 2.45) is 0 Å². The molecule has 45 heavy (non-hydrogen) atoms. The molecule has 2 heterocycles. The first-order valence-electron chi connectivity index (χ1n) is 15.4. The number of aromatic hydroxyl groups is 1. The summed E-state index contributed by atoms with van der Waals surface area (Å²) in [5, 5.41) is 17.0. The van der Waals surface area contributed by atoms with Gasteiger partial charge in [0, 0.05) is 17.7 Å². The first kappa shape index (κ1) is 30.8. The highest BCUT2D eigenvalue weighted by atomic mass is 32.1. The number of rotatable bonds is 3. The fourth-order valence-electron chi connectivity index (χ4n) is 6.58. The number of hydrogen-bond donors (Lipinski definition) is 2. The van der Waals surface area contributed by atoms with Gasteiger partial charge in [0.2, 0.25) is 0 Å². The quantitative estimate of drug-likeness (QED) is 0.239. The molecular formula is C38H39FN2O3S. The molecule has 2 N–H and O–H groups in total. The average Bonchev–Trinajstić information content (AvgIpc) is 3.46. The zero-order chi connectivity index (χ0) is 32.3. The number of fused-ring (bicyclic) bond motifs is 1. The van der Waals surface area contributed by atoms with Gasteiger partial charge in [-0.25, -0.2) is 4.39 Å². The summed E-state index contributed by atoms with van der Waals surface area (Å²) in [6.07, 6.45) is 0.755. The van der Waals surface area contributed by atoms with Crippen LogP contribution in [0.5, 0.6) is 5.75 Å². The van der Waals surface area contributed by atoms with Crippen molar-refractivity contribution in [1.82, 2.24) is 0 Å². The van der Waals surface area contributed by atoms with Crippen molar-refractivity contribution >= 4 is 34.4 Å². The summed E-state index contributed by atoms with van der Waals surface area (Å²) in [7, 11) is 0. The Morgan fingerprint density at radius 1 is 0.889 bits per heavy atom. The highest BCUT2D eigenvalue weighted by Crippen LogP contribution is 2.50. The number of ketones is 1. The van der Waals surface area contributed by atoms with E-state index in [9.17, 15) is 19.1 Å². The van der Waals surface area contributed by atoms with Crippen LogP contribution in [-0.2, 0) is 15.6 Å². The van der Waals surface area contributed by atoms with Crippen molar-refractivity contribution in [1.29, 1.82) is 0 Å². The van der Waals surface area contributed by atoms with Crippen LogP contribution in [0.1, 0.15) is 98.3 Å². The van der Waals surface area contributed by atoms with E-state index >= 15 is 0 Å². The molecule has 3 aromatic carbocycles. The molecule has 0 radical (unpaired) electrons. The summed E-state index contributed by atoms with van der Waals surface area (Å²) in [6, 6.07) is 20.9. The number of thiophene rings is 1. The van der Waals surface area contributed by atoms with Crippen molar-refractivity contribution in [2.75, 3.05) is 10.2 Å². The zero-order valence-corrected chi connectivity index (χ0v) is 27.4. The minimum atomic E-state index is -0.754. The largest absolute Gasteiger partial charge is 0.507 e. The molecule has 0 fully saturated rings. The van der Waals surface area contributed by atoms with Gasteiger partial charge in [0.1, 0.15) is 11.6 Å². The lowest BCUT2D eigenvalue weighted by Gasteiger charge is -2.37. The summed E-state index contributed by atoms with van der Waals surface area (Å²) in [6.45, 7) is 12.3. The lowest BCUT2D eigenvalue weighted by molar-refractivity contribution is -0.116. The molecular weight excluding hydrogens is 583 g/mol. The van der Waals surface area contributed by atoms with Gasteiger partial charge in [-0.05, 0) is 93.3 Å². The molecule has 232 valence electrons. The van der Waals surface area contributed by atoms with Gasteiger partial charge in [-0.1, -0.05) is 71.9 Å². The second kappa shape index (κ2) is 11.3. The van der Waals surface area contributed by atoms with Crippen molar-refractivity contribution in [3.05, 3.63) is 122 Å². The number of amides is 1. The van der Waals surface area contributed by atoms with Crippen molar-refractivity contribution in [3.63, 3.8) is 0 Å². The van der Waals surface area contributed by atoms with Gasteiger partial charge in [0.05, 0.1) is 22.3 Å². The zero-order valence-electron chi connectivity index (χ0n) is 26.6. The molecule has 0 spiro atoms. The SMILES string of the molecule is CC(C)(C)c1cc([C@H]2C3=C(C[C@H](c4ccc(F)cc4)CC3=O)Nc3ccccc3N2C(=O)c2cccs2)cc(C(C)(C)C)c1O. The molecule has 0 bridgehead atoms. The smallest absolute Gasteiger partial charge is 0.269 e. The van der Waals surface area contributed by atoms with Crippen LogP contribution in [0, 0.1) is 5.82 Å². The topological polar surface area (TPSA) is 69.6 Å². The molecule has 5 nitrogen and oxygen atoms in total. The highest BCUT2D eigenvalue weighted by molar-refractivity contribution is 7.12. The standard InChI is InChI=1S/C38H39FN2O3S/c1-37(2,3)26-18-24(19-27(35(26)43)38(4,5)6)34-33-29(20-23(21-31(33)42)22-13-15-25(39)16-14-22)40-28-10-7-8-11-30(28)41(34)36(44)32-12-9-17-45-32/h7-19,23,34,40,43H,20-21H2,1-6H3/t23-,34-/m0/s1. The molecule has 1 aromatic heterocycles. The third-order valence-corrected chi connectivity index (χ3v) is 9.70. The summed E-state index contributed by atoms with van der Waals surface area (Å²) >= 11 is 1.37. The number of allylic oxidation sites excluding steroid dienone is 1. The summed E-state index contributed by atoms with van der Waals surface area (Å²) in [5.74, 6) is -0.493. The Kier molecular flexibility index (Phi) is 7.72. The van der Waals surface area contributed by atoms with E-state index in [0.717, 1.165) is 33.6 Å². The first-order chi connectivity index (χ1) is 21.2. The van der Waals surface area contributed by atoms with Crippen LogP contribution in [-0.4, -0.2) is 16.8 Å². The third-order valence-electron chi connectivity index (χ3n) is 8.84. The number of phenols is 1. The fraction of sp³-hybridized carbons (Fsp3) is 0.316. The van der Waals surface area contributed by atoms with E-state index in [0.29, 0.717) is 22.6 Å². The maximum Gasteiger partial charge on any atom is 0.269 e. The van der Waals surface area contributed by atoms with E-state index in [1.807, 2.05) is 53.9 Å². The van der Waals surface area contributed by atoms with Crippen molar-refractivity contribution < 1.29 is 19.1 Å². The van der Waals surface area contributed by atoms with Crippen molar-refractivity contribution in [3.8, 4) is 5.75 Å². The van der Waals surface area contributed by atoms with Gasteiger partial charge in [-0.15, -0.1) is 11.3 Å². The fourth-order valence-corrected chi connectivity index (χ4v) is 7.24. The second-order valence-electron chi connectivity index (χ2n) is 14.1. The Balaban J connectivity index is 1.65. The Morgan fingerprint density at radius 2 is 1.53 bits per heavy atom. The van der Waals surface area contributed by atoms with Crippen molar-refractivity contribution in [2.45, 2.75) is 77.2 Å². The number of Topliss-reactive ketones (excluding diaryl/α,β-unsaturated/α-hetero) is 1. The number of hydrogen-bond acceptors (Lipinski definition) is 5. The molecule has 6 rings (SSSR count). The lowest BCUT2D eigenvalue weighted by atomic mass is 9.74. The Hall–Kier alpha value is -4.23. The van der Waals surface area contributed by atoms with E-state index in [4.69, 9.17) is 0 Å². The number of halogens is 1. The number of carbonyl (C=O) groups excluding carboxylic acids is 2. The van der Waals surface area contributed by atoms with Crippen LogP contribution in [0.3, 0.4) is 0 Å². The third kappa shape index (κ3) is 5.70. The summed E-state index contributed by atoms with van der Waals surface area (Å²) in [4.78, 5) is 31.4. The molecule has 2 aliphatic rings. The minimum Gasteiger partial charge on any atom is -0.507 e. The number of nitrogens with zero attached hydrogens (tertiary/aromatic N) is 1. The molecule has 2 atom stereocenters. The van der Waals surface area contributed by atoms with E-state index in [1.165, 1.54) is 23.5 Å². The molecule has 0 saturated heterocycles. The van der Waals surface area contributed by atoms with Gasteiger partial charge < -0.3 is 10.4 Å². The van der Waals surface area contributed by atoms with E-state index in [1.54, 1.807) is 17.0 Å². The Labute approximate surface area is 268 Å². The van der Waals surface area contributed by atoms with E-state index in [-0.39, 0.29) is 35.6 Å². The molecule has 1 aliphatic carbocycles. The number of phenolic OH excluding ortho intramolecular Hbond substituents is 1. The van der Waals surface area contributed by atoms with Crippen LogP contribution < -0.4 is 10.2 Å². The number of benzene rings is 3. The predicted octanol–water partition coefficient (Wildman–Crippen LogP) is 9.40. The van der Waals surface area contributed by atoms with E-state index < -0.39 is 16.9 Å².